The maximum Gasteiger partial charge on any atom is 0.335 e. The van der Waals surface area contributed by atoms with Crippen molar-refractivity contribution in [2.75, 3.05) is 14.2 Å². The van der Waals surface area contributed by atoms with Crippen LogP contribution in [0.2, 0.25) is 0 Å². The predicted octanol–water partition coefficient (Wildman–Crippen LogP) is 2.76. The third kappa shape index (κ3) is 2.25. The average molecular weight is 293 g/mol. The van der Waals surface area contributed by atoms with Crippen LogP contribution in [0, 0.1) is 11.6 Å². The van der Waals surface area contributed by atoms with Gasteiger partial charge in [-0.2, -0.15) is 0 Å². The van der Waals surface area contributed by atoms with Crippen molar-refractivity contribution in [2.45, 2.75) is 31.3 Å². The van der Waals surface area contributed by atoms with E-state index in [0.717, 1.165) is 18.9 Å². The molecule has 1 saturated heterocycles. The van der Waals surface area contributed by atoms with E-state index in [-0.39, 0.29) is 6.04 Å². The lowest BCUT2D eigenvalue weighted by molar-refractivity contribution is -0.136. The summed E-state index contributed by atoms with van der Waals surface area (Å²) in [7, 11) is 3.30. The molecule has 2 aliphatic heterocycles. The van der Waals surface area contributed by atoms with Gasteiger partial charge in [-0.25, -0.2) is 13.6 Å². The Morgan fingerprint density at radius 1 is 1.33 bits per heavy atom. The monoisotopic (exact) mass is 293 g/mol. The highest BCUT2D eigenvalue weighted by Crippen LogP contribution is 2.43. The van der Waals surface area contributed by atoms with Crippen LogP contribution in [-0.2, 0) is 9.53 Å². The first-order valence-corrected chi connectivity index (χ1v) is 7.01. The Hall–Kier alpha value is -1.75. The summed E-state index contributed by atoms with van der Waals surface area (Å²) in [5.41, 5.74) is 1.48. The second-order valence-corrected chi connectivity index (χ2v) is 5.62. The van der Waals surface area contributed by atoms with E-state index in [1.807, 2.05) is 7.05 Å². The van der Waals surface area contributed by atoms with E-state index in [1.54, 1.807) is 0 Å². The molecule has 1 fully saturated rings. The molecule has 1 aromatic rings. The molecule has 1 aromatic carbocycles. The Balaban J connectivity index is 2.15. The van der Waals surface area contributed by atoms with Crippen LogP contribution in [0.3, 0.4) is 0 Å². The molecule has 0 aliphatic carbocycles. The number of carbonyl (C=O) groups is 1. The molecule has 3 nitrogen and oxygen atoms in total. The largest absolute Gasteiger partial charge is 0.466 e. The second-order valence-electron chi connectivity index (χ2n) is 5.62. The van der Waals surface area contributed by atoms with E-state index in [9.17, 15) is 13.6 Å². The molecular formula is C16H17F2NO2. The summed E-state index contributed by atoms with van der Waals surface area (Å²) in [6.45, 7) is 0. The molecule has 112 valence electrons. The van der Waals surface area contributed by atoms with Gasteiger partial charge in [-0.1, -0.05) is 0 Å². The minimum Gasteiger partial charge on any atom is -0.466 e. The van der Waals surface area contributed by atoms with Crippen molar-refractivity contribution in [3.63, 3.8) is 0 Å². The first kappa shape index (κ1) is 14.2. The third-order valence-corrected chi connectivity index (χ3v) is 4.60. The number of esters is 1. The van der Waals surface area contributed by atoms with E-state index in [4.69, 9.17) is 4.74 Å². The van der Waals surface area contributed by atoms with Gasteiger partial charge in [-0.05, 0) is 44.0 Å². The van der Waals surface area contributed by atoms with Gasteiger partial charge in [-0.3, -0.25) is 4.90 Å². The lowest BCUT2D eigenvalue weighted by Gasteiger charge is -2.34. The Bertz CT molecular complexity index is 627. The molecule has 5 heteroatoms. The molecule has 21 heavy (non-hydrogen) atoms. The van der Waals surface area contributed by atoms with Crippen LogP contribution >= 0.6 is 0 Å². The fraction of sp³-hybridized carbons (Fsp3) is 0.438. The van der Waals surface area contributed by atoms with Crippen molar-refractivity contribution in [2.24, 2.45) is 0 Å². The van der Waals surface area contributed by atoms with Crippen LogP contribution in [-0.4, -0.2) is 37.1 Å². The number of fused-ring (bicyclic) bond motifs is 2. The molecule has 3 rings (SSSR count). The summed E-state index contributed by atoms with van der Waals surface area (Å²) in [4.78, 5) is 14.3. The summed E-state index contributed by atoms with van der Waals surface area (Å²) in [5.74, 6) is -1.67. The Morgan fingerprint density at radius 2 is 2.10 bits per heavy atom. The number of hydrogen-bond donors (Lipinski definition) is 0. The summed E-state index contributed by atoms with van der Waals surface area (Å²) in [5, 5.41) is 0. The van der Waals surface area contributed by atoms with Crippen molar-refractivity contribution >= 4 is 11.5 Å². The minimum absolute atomic E-state index is 0.0457. The van der Waals surface area contributed by atoms with Gasteiger partial charge in [0.25, 0.3) is 0 Å². The number of ether oxygens (including phenoxy) is 1. The molecule has 0 spiro atoms. The van der Waals surface area contributed by atoms with Crippen molar-refractivity contribution in [1.82, 2.24) is 4.90 Å². The molecule has 0 N–H and O–H groups in total. The Morgan fingerprint density at radius 3 is 2.76 bits per heavy atom. The highest BCUT2D eigenvalue weighted by molar-refractivity contribution is 5.99. The lowest BCUT2D eigenvalue weighted by atomic mass is 9.88. The zero-order chi connectivity index (χ0) is 15.1. The molecule has 0 radical (unpaired) electrons. The third-order valence-electron chi connectivity index (χ3n) is 4.60. The first-order valence-electron chi connectivity index (χ1n) is 7.01. The van der Waals surface area contributed by atoms with E-state index in [0.29, 0.717) is 29.2 Å². The average Bonchev–Trinajstić information content (AvgIpc) is 2.70. The summed E-state index contributed by atoms with van der Waals surface area (Å²) >= 11 is 0. The highest BCUT2D eigenvalue weighted by Gasteiger charge is 2.42. The topological polar surface area (TPSA) is 29.5 Å². The standard InChI is InChI=1S/C16H17F2NO2/c1-19-10-4-6-14(19)15(16(20)21-2)12(8-10)11-5-3-9(17)7-13(11)18/h3,5,7,10,14H,4,6,8H2,1-2H3. The van der Waals surface area contributed by atoms with Crippen LogP contribution in [0.1, 0.15) is 24.8 Å². The van der Waals surface area contributed by atoms with Gasteiger partial charge in [0.05, 0.1) is 12.7 Å². The van der Waals surface area contributed by atoms with Crippen molar-refractivity contribution < 1.29 is 18.3 Å². The fourth-order valence-electron chi connectivity index (χ4n) is 3.51. The van der Waals surface area contributed by atoms with Crippen molar-refractivity contribution in [1.29, 1.82) is 0 Å². The Kier molecular flexibility index (Phi) is 3.53. The van der Waals surface area contributed by atoms with Gasteiger partial charge in [0, 0.05) is 23.7 Å². The quantitative estimate of drug-likeness (QED) is 0.785. The van der Waals surface area contributed by atoms with Gasteiger partial charge in [-0.15, -0.1) is 0 Å². The van der Waals surface area contributed by atoms with Crippen LogP contribution in [0.15, 0.2) is 23.8 Å². The van der Waals surface area contributed by atoms with E-state index in [2.05, 4.69) is 4.90 Å². The van der Waals surface area contributed by atoms with Crippen LogP contribution in [0.4, 0.5) is 8.78 Å². The number of carbonyl (C=O) groups excluding carboxylic acids is 1. The van der Waals surface area contributed by atoms with E-state index < -0.39 is 17.6 Å². The second kappa shape index (κ2) is 5.22. The zero-order valence-electron chi connectivity index (χ0n) is 12.0. The molecule has 2 bridgehead atoms. The number of nitrogens with zero attached hydrogens (tertiary/aromatic N) is 1. The maximum atomic E-state index is 14.1. The normalized spacial score (nSPS) is 25.3. The number of hydrogen-bond acceptors (Lipinski definition) is 3. The summed E-state index contributed by atoms with van der Waals surface area (Å²) < 4.78 is 32.1. The highest BCUT2D eigenvalue weighted by atomic mass is 19.1. The fourth-order valence-corrected chi connectivity index (χ4v) is 3.51. The van der Waals surface area contributed by atoms with Crippen molar-refractivity contribution in [3.05, 3.63) is 41.0 Å². The SMILES string of the molecule is COC(=O)C1=C(c2ccc(F)cc2F)CC2CCC1N2C. The Labute approximate surface area is 122 Å². The van der Waals surface area contributed by atoms with Crippen LogP contribution in [0.25, 0.3) is 5.57 Å². The van der Waals surface area contributed by atoms with Crippen LogP contribution in [0.5, 0.6) is 0 Å². The minimum atomic E-state index is -0.629. The number of halogens is 2. The van der Waals surface area contributed by atoms with Gasteiger partial charge in [0.15, 0.2) is 0 Å². The van der Waals surface area contributed by atoms with Gasteiger partial charge in [0.2, 0.25) is 0 Å². The summed E-state index contributed by atoms with van der Waals surface area (Å²) in [6.07, 6.45) is 2.41. The predicted molar refractivity (Wildman–Crippen MR) is 74.5 cm³/mol. The first-order chi connectivity index (χ1) is 10.0. The van der Waals surface area contributed by atoms with E-state index >= 15 is 0 Å². The molecular weight excluding hydrogens is 276 g/mol. The lowest BCUT2D eigenvalue weighted by Crippen LogP contribution is -2.40. The molecule has 2 unspecified atom stereocenters. The number of likely N-dealkylation sites (N-methyl/N-ethyl adjacent to an activating group) is 1. The molecule has 2 aliphatic rings. The summed E-state index contributed by atoms with van der Waals surface area (Å²) in [6, 6.07) is 3.74. The van der Waals surface area contributed by atoms with Gasteiger partial charge >= 0.3 is 5.97 Å². The number of rotatable bonds is 2. The number of methoxy groups -OCH3 is 1. The van der Waals surface area contributed by atoms with E-state index in [1.165, 1.54) is 19.2 Å². The van der Waals surface area contributed by atoms with Gasteiger partial charge < -0.3 is 4.74 Å². The van der Waals surface area contributed by atoms with Crippen molar-refractivity contribution in [3.8, 4) is 0 Å². The molecule has 2 heterocycles. The molecule has 2 atom stereocenters. The number of benzene rings is 1. The molecule has 0 saturated carbocycles. The maximum absolute atomic E-state index is 14.1. The van der Waals surface area contributed by atoms with Gasteiger partial charge in [0.1, 0.15) is 11.6 Å². The van der Waals surface area contributed by atoms with Crippen LogP contribution < -0.4 is 0 Å². The molecule has 0 amide bonds. The molecule has 0 aromatic heterocycles. The zero-order valence-corrected chi connectivity index (χ0v) is 12.0. The smallest absolute Gasteiger partial charge is 0.335 e.